The number of aromatic nitrogens is 2. The highest BCUT2D eigenvalue weighted by molar-refractivity contribution is 6.05. The summed E-state index contributed by atoms with van der Waals surface area (Å²) < 4.78 is 19.7. The third kappa shape index (κ3) is 3.19. The smallest absolute Gasteiger partial charge is 0.258 e. The lowest BCUT2D eigenvalue weighted by molar-refractivity contribution is 0.102. The average molecular weight is 372 g/mol. The Morgan fingerprint density at radius 1 is 1.21 bits per heavy atom. The van der Waals surface area contributed by atoms with Crippen molar-refractivity contribution >= 4 is 22.8 Å². The van der Waals surface area contributed by atoms with Crippen LogP contribution in [-0.4, -0.2) is 15.9 Å². The van der Waals surface area contributed by atoms with Crippen molar-refractivity contribution in [1.29, 1.82) is 5.26 Å². The Labute approximate surface area is 159 Å². The van der Waals surface area contributed by atoms with Crippen LogP contribution in [0.1, 0.15) is 21.5 Å². The van der Waals surface area contributed by atoms with E-state index in [1.165, 1.54) is 12.1 Å². The van der Waals surface area contributed by atoms with Crippen molar-refractivity contribution in [2.45, 2.75) is 6.92 Å². The van der Waals surface area contributed by atoms with Gasteiger partial charge in [0.25, 0.3) is 5.91 Å². The van der Waals surface area contributed by atoms with Crippen molar-refractivity contribution in [3.63, 3.8) is 0 Å². The van der Waals surface area contributed by atoms with Gasteiger partial charge in [-0.3, -0.25) is 4.79 Å². The first kappa shape index (κ1) is 17.4. The van der Waals surface area contributed by atoms with E-state index in [-0.39, 0.29) is 11.1 Å². The van der Waals surface area contributed by atoms with Crippen molar-refractivity contribution in [3.8, 4) is 17.5 Å². The Balaban J connectivity index is 1.59. The predicted molar refractivity (Wildman–Crippen MR) is 101 cm³/mol. The Morgan fingerprint density at radius 2 is 2.07 bits per heavy atom. The third-order valence-electron chi connectivity index (χ3n) is 4.23. The number of nitrogens with one attached hydrogen (secondary N) is 1. The molecule has 0 saturated heterocycles. The van der Waals surface area contributed by atoms with E-state index in [1.807, 2.05) is 19.1 Å². The molecule has 6 nitrogen and oxygen atoms in total. The molecule has 136 valence electrons. The number of amides is 1. The summed E-state index contributed by atoms with van der Waals surface area (Å²) in [6.07, 6.45) is 1.64. The Bertz CT molecular complexity index is 1220. The summed E-state index contributed by atoms with van der Waals surface area (Å²) in [5.41, 5.74) is 3.16. The molecule has 2 heterocycles. The molecule has 0 aliphatic rings. The summed E-state index contributed by atoms with van der Waals surface area (Å²) in [5, 5.41) is 11.5. The number of carbonyl (C=O) groups is 1. The lowest BCUT2D eigenvalue weighted by Gasteiger charge is -2.10. The van der Waals surface area contributed by atoms with Crippen LogP contribution < -0.4 is 5.32 Å². The molecule has 28 heavy (non-hydrogen) atoms. The van der Waals surface area contributed by atoms with Gasteiger partial charge in [0, 0.05) is 17.4 Å². The van der Waals surface area contributed by atoms with Gasteiger partial charge in [0.2, 0.25) is 5.89 Å². The van der Waals surface area contributed by atoms with Gasteiger partial charge in [-0.1, -0.05) is 0 Å². The van der Waals surface area contributed by atoms with Gasteiger partial charge in [-0.05, 0) is 61.0 Å². The second-order valence-electron chi connectivity index (χ2n) is 6.13. The molecule has 0 aliphatic carbocycles. The van der Waals surface area contributed by atoms with Gasteiger partial charge in [-0.25, -0.2) is 9.37 Å². The normalized spacial score (nSPS) is 10.6. The van der Waals surface area contributed by atoms with Crippen LogP contribution in [-0.2, 0) is 0 Å². The van der Waals surface area contributed by atoms with Crippen LogP contribution in [0, 0.1) is 24.1 Å². The number of pyridine rings is 1. The zero-order valence-corrected chi connectivity index (χ0v) is 14.7. The summed E-state index contributed by atoms with van der Waals surface area (Å²) in [6.45, 7) is 1.81. The summed E-state index contributed by atoms with van der Waals surface area (Å²) in [4.78, 5) is 20.9. The maximum atomic E-state index is 14.0. The number of aryl methyl sites for hydroxylation is 1. The van der Waals surface area contributed by atoms with E-state index < -0.39 is 11.7 Å². The summed E-state index contributed by atoms with van der Waals surface area (Å²) in [5.74, 6) is -0.915. The zero-order chi connectivity index (χ0) is 19.7. The number of halogens is 1. The number of hydrogen-bond acceptors (Lipinski definition) is 5. The van der Waals surface area contributed by atoms with Gasteiger partial charge >= 0.3 is 0 Å². The number of carbonyl (C=O) groups excluding carboxylic acids is 1. The highest BCUT2D eigenvalue weighted by Gasteiger charge is 2.15. The SMILES string of the molecule is Cc1cc(-c2nc3ncccc3o2)ccc1NC(=O)c1ccc(C#N)cc1F. The van der Waals surface area contributed by atoms with E-state index in [0.29, 0.717) is 22.8 Å². The molecule has 2 aromatic carbocycles. The number of anilines is 1. The molecule has 1 N–H and O–H groups in total. The van der Waals surface area contributed by atoms with Crippen LogP contribution in [0.15, 0.2) is 59.1 Å². The molecule has 4 rings (SSSR count). The van der Waals surface area contributed by atoms with Crippen LogP contribution in [0.25, 0.3) is 22.7 Å². The molecule has 0 aliphatic heterocycles. The summed E-state index contributed by atoms with van der Waals surface area (Å²) in [6, 6.07) is 14.4. The number of hydrogen-bond donors (Lipinski definition) is 1. The van der Waals surface area contributed by atoms with Crippen molar-refractivity contribution in [2.24, 2.45) is 0 Å². The molecule has 4 aromatic rings. The molecule has 0 spiro atoms. The largest absolute Gasteiger partial charge is 0.434 e. The van der Waals surface area contributed by atoms with Crippen LogP contribution in [0.2, 0.25) is 0 Å². The lowest BCUT2D eigenvalue weighted by Crippen LogP contribution is -2.14. The minimum absolute atomic E-state index is 0.132. The van der Waals surface area contributed by atoms with Crippen LogP contribution in [0.3, 0.4) is 0 Å². The quantitative estimate of drug-likeness (QED) is 0.573. The van der Waals surface area contributed by atoms with Crippen molar-refractivity contribution < 1.29 is 13.6 Å². The first-order valence-corrected chi connectivity index (χ1v) is 8.39. The van der Waals surface area contributed by atoms with Crippen molar-refractivity contribution in [2.75, 3.05) is 5.32 Å². The minimum atomic E-state index is -0.746. The van der Waals surface area contributed by atoms with Gasteiger partial charge < -0.3 is 9.73 Å². The third-order valence-corrected chi connectivity index (χ3v) is 4.23. The van der Waals surface area contributed by atoms with E-state index in [0.717, 1.165) is 17.2 Å². The first-order chi connectivity index (χ1) is 13.5. The molecule has 1 amide bonds. The zero-order valence-electron chi connectivity index (χ0n) is 14.7. The Hall–Kier alpha value is -4.05. The van der Waals surface area contributed by atoms with Crippen LogP contribution in [0.5, 0.6) is 0 Å². The molecule has 0 saturated carbocycles. The monoisotopic (exact) mass is 372 g/mol. The van der Waals surface area contributed by atoms with Gasteiger partial charge in [0.15, 0.2) is 11.2 Å². The van der Waals surface area contributed by atoms with Crippen molar-refractivity contribution in [1.82, 2.24) is 9.97 Å². The molecule has 7 heteroatoms. The van der Waals surface area contributed by atoms with Gasteiger partial charge in [-0.15, -0.1) is 0 Å². The standard InChI is InChI=1S/C21H13FN4O2/c1-12-9-14(21-26-19-18(28-21)3-2-8-24-19)5-7-17(12)25-20(27)15-6-4-13(11-23)10-16(15)22/h2-10H,1H3,(H,25,27). The summed E-state index contributed by atoms with van der Waals surface area (Å²) in [7, 11) is 0. The Morgan fingerprint density at radius 3 is 2.79 bits per heavy atom. The molecule has 0 unspecified atom stereocenters. The number of fused-ring (bicyclic) bond motifs is 1. The van der Waals surface area contributed by atoms with Gasteiger partial charge in [0.1, 0.15) is 5.82 Å². The molecular formula is C21H13FN4O2. The maximum Gasteiger partial charge on any atom is 0.258 e. The van der Waals surface area contributed by atoms with Crippen molar-refractivity contribution in [3.05, 3.63) is 77.2 Å². The molecule has 2 aromatic heterocycles. The topological polar surface area (TPSA) is 91.8 Å². The number of oxazole rings is 1. The van der Waals surface area contributed by atoms with E-state index in [2.05, 4.69) is 15.3 Å². The fourth-order valence-electron chi connectivity index (χ4n) is 2.79. The van der Waals surface area contributed by atoms with E-state index in [9.17, 15) is 9.18 Å². The number of nitriles is 1. The summed E-state index contributed by atoms with van der Waals surface area (Å²) >= 11 is 0. The van der Waals surface area contributed by atoms with Crippen LogP contribution in [0.4, 0.5) is 10.1 Å². The van der Waals surface area contributed by atoms with Crippen LogP contribution >= 0.6 is 0 Å². The molecule has 0 bridgehead atoms. The second kappa shape index (κ2) is 6.93. The number of nitrogens with zero attached hydrogens (tertiary/aromatic N) is 3. The highest BCUT2D eigenvalue weighted by atomic mass is 19.1. The van der Waals surface area contributed by atoms with E-state index in [4.69, 9.17) is 9.68 Å². The lowest BCUT2D eigenvalue weighted by atomic mass is 10.1. The highest BCUT2D eigenvalue weighted by Crippen LogP contribution is 2.27. The Kier molecular flexibility index (Phi) is 4.30. The first-order valence-electron chi connectivity index (χ1n) is 8.39. The van der Waals surface area contributed by atoms with Gasteiger partial charge in [0.05, 0.1) is 17.2 Å². The van der Waals surface area contributed by atoms with Gasteiger partial charge in [-0.2, -0.15) is 10.2 Å². The molecule has 0 fully saturated rings. The van der Waals surface area contributed by atoms with E-state index in [1.54, 1.807) is 30.5 Å². The maximum absolute atomic E-state index is 14.0. The number of rotatable bonds is 3. The number of benzene rings is 2. The fraction of sp³-hybridized carbons (Fsp3) is 0.0476. The fourth-order valence-corrected chi connectivity index (χ4v) is 2.79. The minimum Gasteiger partial charge on any atom is -0.434 e. The molecular weight excluding hydrogens is 359 g/mol. The average Bonchev–Trinajstić information content (AvgIpc) is 3.13. The van der Waals surface area contributed by atoms with E-state index >= 15 is 0 Å². The molecule has 0 atom stereocenters. The molecule has 0 radical (unpaired) electrons. The second-order valence-corrected chi connectivity index (χ2v) is 6.13. The predicted octanol–water partition coefficient (Wildman–Crippen LogP) is 4.46.